The molecule has 0 aliphatic heterocycles. The molecule has 7 nitrogen and oxygen atoms in total. The lowest BCUT2D eigenvalue weighted by Gasteiger charge is -2.10. The summed E-state index contributed by atoms with van der Waals surface area (Å²) < 4.78 is 5.23. The number of hydrogen-bond donors (Lipinski definition) is 3. The molecule has 0 atom stereocenters. The van der Waals surface area contributed by atoms with E-state index in [9.17, 15) is 9.59 Å². The van der Waals surface area contributed by atoms with Crippen LogP contribution in [0.15, 0.2) is 41.1 Å². The van der Waals surface area contributed by atoms with Gasteiger partial charge in [0.1, 0.15) is 6.26 Å². The van der Waals surface area contributed by atoms with Gasteiger partial charge in [-0.3, -0.25) is 4.79 Å². The summed E-state index contributed by atoms with van der Waals surface area (Å²) in [6.07, 6.45) is 3.74. The molecule has 128 valence electrons. The van der Waals surface area contributed by atoms with E-state index in [0.29, 0.717) is 31.1 Å². The van der Waals surface area contributed by atoms with Gasteiger partial charge < -0.3 is 20.4 Å². The Kier molecular flexibility index (Phi) is 6.36. The van der Waals surface area contributed by atoms with Gasteiger partial charge in [-0.15, -0.1) is 0 Å². The van der Waals surface area contributed by atoms with Gasteiger partial charge in [0.25, 0.3) is 0 Å². The van der Waals surface area contributed by atoms with E-state index in [2.05, 4.69) is 20.9 Å². The van der Waals surface area contributed by atoms with Crippen LogP contribution in [0.2, 0.25) is 0 Å². The summed E-state index contributed by atoms with van der Waals surface area (Å²) in [7, 11) is 0. The molecule has 2 rings (SSSR count). The lowest BCUT2D eigenvalue weighted by molar-refractivity contribution is -0.123. The number of amides is 3. The third-order valence-corrected chi connectivity index (χ3v) is 3.26. The Morgan fingerprint density at radius 3 is 2.71 bits per heavy atom. The van der Waals surface area contributed by atoms with Crippen molar-refractivity contribution in [2.45, 2.75) is 20.3 Å². The highest BCUT2D eigenvalue weighted by Crippen LogP contribution is 2.20. The zero-order chi connectivity index (χ0) is 17.4. The number of urea groups is 1. The fraction of sp³-hybridized carbons (Fsp3) is 0.353. The van der Waals surface area contributed by atoms with Gasteiger partial charge in [-0.25, -0.2) is 9.78 Å². The largest absolute Gasteiger partial charge is 0.445 e. The van der Waals surface area contributed by atoms with Crippen molar-refractivity contribution in [1.29, 1.82) is 0 Å². The van der Waals surface area contributed by atoms with Crippen molar-refractivity contribution in [3.05, 3.63) is 36.7 Å². The van der Waals surface area contributed by atoms with Crippen molar-refractivity contribution in [3.63, 3.8) is 0 Å². The molecule has 2 aromatic rings. The highest BCUT2D eigenvalue weighted by atomic mass is 16.3. The first-order chi connectivity index (χ1) is 11.6. The Bertz CT molecular complexity index is 668. The van der Waals surface area contributed by atoms with E-state index in [1.807, 2.05) is 26.0 Å². The number of carbonyl (C=O) groups is 2. The van der Waals surface area contributed by atoms with Crippen molar-refractivity contribution in [1.82, 2.24) is 15.6 Å². The summed E-state index contributed by atoms with van der Waals surface area (Å²) in [5.41, 5.74) is 1.44. The Hall–Kier alpha value is -2.83. The summed E-state index contributed by atoms with van der Waals surface area (Å²) in [6.45, 7) is 4.70. The molecule has 7 heteroatoms. The number of rotatable bonds is 7. The van der Waals surface area contributed by atoms with E-state index in [0.717, 1.165) is 5.56 Å². The molecule has 0 aliphatic rings. The maximum atomic E-state index is 11.9. The topological polar surface area (TPSA) is 96.3 Å². The van der Waals surface area contributed by atoms with E-state index in [-0.39, 0.29) is 17.9 Å². The number of hydrogen-bond acceptors (Lipinski definition) is 4. The summed E-state index contributed by atoms with van der Waals surface area (Å²) in [5, 5.41) is 8.30. The Morgan fingerprint density at radius 2 is 2.00 bits per heavy atom. The van der Waals surface area contributed by atoms with Gasteiger partial charge in [-0.2, -0.15) is 0 Å². The first-order valence-corrected chi connectivity index (χ1v) is 7.89. The van der Waals surface area contributed by atoms with Crippen LogP contribution in [0.25, 0.3) is 11.5 Å². The second-order valence-corrected chi connectivity index (χ2v) is 5.60. The minimum Gasteiger partial charge on any atom is -0.445 e. The molecule has 0 unspecified atom stereocenters. The number of anilines is 1. The van der Waals surface area contributed by atoms with Crippen LogP contribution in [0, 0.1) is 5.92 Å². The second kappa shape index (κ2) is 8.71. The average Bonchev–Trinajstić information content (AvgIpc) is 3.09. The molecule has 3 N–H and O–H groups in total. The fourth-order valence-corrected chi connectivity index (χ4v) is 1.98. The molecule has 0 saturated heterocycles. The zero-order valence-corrected chi connectivity index (χ0v) is 13.8. The van der Waals surface area contributed by atoms with Crippen molar-refractivity contribution in [2.75, 3.05) is 18.4 Å². The number of nitrogens with one attached hydrogen (secondary N) is 3. The van der Waals surface area contributed by atoms with E-state index < -0.39 is 0 Å². The minimum atomic E-state index is -0.297. The van der Waals surface area contributed by atoms with Crippen molar-refractivity contribution in [3.8, 4) is 11.5 Å². The van der Waals surface area contributed by atoms with Crippen LogP contribution >= 0.6 is 0 Å². The van der Waals surface area contributed by atoms with Crippen LogP contribution in [0.4, 0.5) is 10.5 Å². The molecule has 0 radical (unpaired) electrons. The zero-order valence-electron chi connectivity index (χ0n) is 13.8. The highest BCUT2D eigenvalue weighted by molar-refractivity contribution is 5.89. The van der Waals surface area contributed by atoms with Gasteiger partial charge in [-0.1, -0.05) is 19.9 Å². The standard InChI is InChI=1S/C17H22N4O3/c1-12(2)15(22)18-7-4-8-20-17(23)21-14-6-3-5-13(11-14)16-19-9-10-24-16/h3,5-6,9-12H,4,7-8H2,1-2H3,(H,18,22)(H2,20,21,23). The van der Waals surface area contributed by atoms with Crippen molar-refractivity contribution >= 4 is 17.6 Å². The number of aromatic nitrogens is 1. The van der Waals surface area contributed by atoms with Crippen LogP contribution in [0.3, 0.4) is 0 Å². The van der Waals surface area contributed by atoms with E-state index in [4.69, 9.17) is 4.42 Å². The SMILES string of the molecule is CC(C)C(=O)NCCCNC(=O)Nc1cccc(-c2ncco2)c1. The maximum absolute atomic E-state index is 11.9. The van der Waals surface area contributed by atoms with E-state index >= 15 is 0 Å². The Morgan fingerprint density at radius 1 is 1.21 bits per heavy atom. The molecule has 0 saturated carbocycles. The summed E-state index contributed by atoms with van der Waals surface area (Å²) in [5.74, 6) is 0.486. The molecule has 0 spiro atoms. The van der Waals surface area contributed by atoms with Crippen molar-refractivity contribution < 1.29 is 14.0 Å². The van der Waals surface area contributed by atoms with Gasteiger partial charge in [0, 0.05) is 30.3 Å². The molecule has 0 aliphatic carbocycles. The number of nitrogens with zero attached hydrogens (tertiary/aromatic N) is 1. The Balaban J connectivity index is 1.73. The number of carbonyl (C=O) groups excluding carboxylic acids is 2. The molecule has 1 aromatic heterocycles. The molecular formula is C17H22N4O3. The van der Waals surface area contributed by atoms with Gasteiger partial charge in [0.15, 0.2) is 0 Å². The summed E-state index contributed by atoms with van der Waals surface area (Å²) in [6, 6.07) is 6.95. The monoisotopic (exact) mass is 330 g/mol. The molecule has 24 heavy (non-hydrogen) atoms. The predicted molar refractivity (Wildman–Crippen MR) is 91.4 cm³/mol. The van der Waals surface area contributed by atoms with Crippen LogP contribution in [-0.2, 0) is 4.79 Å². The summed E-state index contributed by atoms with van der Waals surface area (Å²) >= 11 is 0. The average molecular weight is 330 g/mol. The van der Waals surface area contributed by atoms with Crippen LogP contribution in [0.5, 0.6) is 0 Å². The van der Waals surface area contributed by atoms with Gasteiger partial charge in [0.2, 0.25) is 11.8 Å². The third-order valence-electron chi connectivity index (χ3n) is 3.26. The quantitative estimate of drug-likeness (QED) is 0.680. The summed E-state index contributed by atoms with van der Waals surface area (Å²) in [4.78, 5) is 27.3. The highest BCUT2D eigenvalue weighted by Gasteiger charge is 2.07. The van der Waals surface area contributed by atoms with Gasteiger partial charge >= 0.3 is 6.03 Å². The lowest BCUT2D eigenvalue weighted by Crippen LogP contribution is -2.33. The van der Waals surface area contributed by atoms with Crippen LogP contribution in [0.1, 0.15) is 20.3 Å². The molecule has 3 amide bonds. The smallest absolute Gasteiger partial charge is 0.319 e. The molecular weight excluding hydrogens is 308 g/mol. The molecule has 1 aromatic carbocycles. The fourth-order valence-electron chi connectivity index (χ4n) is 1.98. The molecule has 0 fully saturated rings. The minimum absolute atomic E-state index is 0.0165. The number of oxazole rings is 1. The van der Waals surface area contributed by atoms with E-state index in [1.54, 1.807) is 18.3 Å². The molecule has 0 bridgehead atoms. The predicted octanol–water partition coefficient (Wildman–Crippen LogP) is 2.63. The third kappa shape index (κ3) is 5.42. The van der Waals surface area contributed by atoms with E-state index in [1.165, 1.54) is 6.26 Å². The first kappa shape index (κ1) is 17.5. The van der Waals surface area contributed by atoms with Crippen LogP contribution in [-0.4, -0.2) is 30.0 Å². The molecule has 1 heterocycles. The lowest BCUT2D eigenvalue weighted by atomic mass is 10.2. The van der Waals surface area contributed by atoms with Crippen molar-refractivity contribution in [2.24, 2.45) is 5.92 Å². The van der Waals surface area contributed by atoms with Crippen LogP contribution < -0.4 is 16.0 Å². The van der Waals surface area contributed by atoms with Gasteiger partial charge in [0.05, 0.1) is 6.20 Å². The first-order valence-electron chi connectivity index (χ1n) is 7.89. The Labute approximate surface area is 140 Å². The second-order valence-electron chi connectivity index (χ2n) is 5.60. The normalized spacial score (nSPS) is 10.5. The van der Waals surface area contributed by atoms with Gasteiger partial charge in [-0.05, 0) is 24.6 Å². The maximum Gasteiger partial charge on any atom is 0.319 e. The number of benzene rings is 1.